The Bertz CT molecular complexity index is 405. The van der Waals surface area contributed by atoms with Crippen LogP contribution in [0.25, 0.3) is 0 Å². The van der Waals surface area contributed by atoms with Crippen LogP contribution >= 0.6 is 0 Å². The Morgan fingerprint density at radius 3 is 1.35 bits per heavy atom. The van der Waals surface area contributed by atoms with Crippen LogP contribution < -0.4 is 8.92 Å². The Hall–Kier alpha value is -0.521. The van der Waals surface area contributed by atoms with Crippen molar-refractivity contribution in [1.82, 2.24) is 0 Å². The molecule has 0 bridgehead atoms. The van der Waals surface area contributed by atoms with Crippen LogP contribution in [0.5, 0.6) is 0 Å². The van der Waals surface area contributed by atoms with Crippen molar-refractivity contribution in [2.75, 3.05) is 0 Å². The molecule has 2 rings (SSSR count). The van der Waals surface area contributed by atoms with E-state index in [0.29, 0.717) is 33.1 Å². The summed E-state index contributed by atoms with van der Waals surface area (Å²) < 4.78 is 3.44. The third kappa shape index (κ3) is 4.33. The Morgan fingerprint density at radius 2 is 1.00 bits per heavy atom. The van der Waals surface area contributed by atoms with Crippen molar-refractivity contribution in [1.29, 1.82) is 0 Å². The van der Waals surface area contributed by atoms with Gasteiger partial charge in [-0.25, -0.2) is 0 Å². The molecule has 0 radical (unpaired) electrons. The van der Waals surface area contributed by atoms with Gasteiger partial charge in [0.1, 0.15) is 0 Å². The van der Waals surface area contributed by atoms with Crippen LogP contribution in [0, 0.1) is 0 Å². The molecule has 0 aliphatic heterocycles. The third-order valence-electron chi connectivity index (χ3n) is 2.21. The number of rotatable bonds is 4. The van der Waals surface area contributed by atoms with Gasteiger partial charge in [-0.3, -0.25) is 0 Å². The quantitative estimate of drug-likeness (QED) is 0.739. The summed E-state index contributed by atoms with van der Waals surface area (Å²) in [6, 6.07) is 21.8. The van der Waals surface area contributed by atoms with E-state index in [0.717, 1.165) is 0 Å². The molecule has 88 valence electrons. The van der Waals surface area contributed by atoms with E-state index in [2.05, 4.69) is 74.5 Å². The first kappa shape index (κ1) is 12.9. The van der Waals surface area contributed by atoms with Crippen molar-refractivity contribution >= 4 is 38.8 Å². The monoisotopic (exact) mass is 356 g/mol. The van der Waals surface area contributed by atoms with Crippen LogP contribution in [0.15, 0.2) is 60.7 Å². The minimum absolute atomic E-state index is 0.433. The Balaban J connectivity index is 2.04. The van der Waals surface area contributed by atoms with E-state index in [9.17, 15) is 0 Å². The van der Waals surface area contributed by atoms with Crippen molar-refractivity contribution in [2.45, 2.75) is 17.1 Å². The van der Waals surface area contributed by atoms with Crippen molar-refractivity contribution in [3.05, 3.63) is 60.7 Å². The molecule has 0 fully saturated rings. The molecule has 0 nitrogen and oxygen atoms in total. The van der Waals surface area contributed by atoms with E-state index < -0.39 is 0 Å². The van der Waals surface area contributed by atoms with Gasteiger partial charge in [-0.1, -0.05) is 0 Å². The molecule has 0 aliphatic carbocycles. The SMILES string of the molecule is CC(C)([Se]c1ccccc1)[Se]c1ccccc1. The number of benzene rings is 2. The third-order valence-corrected chi connectivity index (χ3v) is 8.22. The standard InChI is InChI=1S/C15H16Se2/c1-15(2,16-13-9-5-3-6-10-13)17-14-11-7-4-8-12-14/h3-12H,1-2H3. The molecule has 0 saturated carbocycles. The molecule has 0 amide bonds. The molecule has 2 heteroatoms. The summed E-state index contributed by atoms with van der Waals surface area (Å²) in [6.45, 7) is 4.79. The molecule has 0 N–H and O–H groups in total. The fourth-order valence-electron chi connectivity index (χ4n) is 1.57. The predicted octanol–water partition coefficient (Wildman–Crippen LogP) is 2.20. The van der Waals surface area contributed by atoms with Crippen LogP contribution in [-0.2, 0) is 0 Å². The molecule has 2 aromatic carbocycles. The fraction of sp³-hybridized carbons (Fsp3) is 0.200. The van der Waals surface area contributed by atoms with E-state index in [1.807, 2.05) is 0 Å². The average molecular weight is 354 g/mol. The van der Waals surface area contributed by atoms with E-state index in [1.165, 1.54) is 8.92 Å². The van der Waals surface area contributed by atoms with Crippen LogP contribution in [0.2, 0.25) is 3.21 Å². The molecule has 0 aromatic heterocycles. The van der Waals surface area contributed by atoms with Gasteiger partial charge in [0.15, 0.2) is 0 Å². The molecule has 0 aliphatic rings. The van der Waals surface area contributed by atoms with E-state index >= 15 is 0 Å². The molecule has 0 saturated heterocycles. The van der Waals surface area contributed by atoms with Gasteiger partial charge in [0.2, 0.25) is 0 Å². The van der Waals surface area contributed by atoms with E-state index in [1.54, 1.807) is 0 Å². The van der Waals surface area contributed by atoms with Gasteiger partial charge < -0.3 is 0 Å². The molecule has 2 aromatic rings. The molecular weight excluding hydrogens is 338 g/mol. The van der Waals surface area contributed by atoms with Gasteiger partial charge in [0.05, 0.1) is 0 Å². The summed E-state index contributed by atoms with van der Waals surface area (Å²) >= 11 is 1.09. The van der Waals surface area contributed by atoms with Crippen LogP contribution in [0.4, 0.5) is 0 Å². The van der Waals surface area contributed by atoms with Gasteiger partial charge in [0, 0.05) is 0 Å². The maximum absolute atomic E-state index is 2.40. The topological polar surface area (TPSA) is 0 Å². The zero-order valence-electron chi connectivity index (χ0n) is 10.1. The van der Waals surface area contributed by atoms with Gasteiger partial charge >= 0.3 is 117 Å². The molecule has 17 heavy (non-hydrogen) atoms. The summed E-state index contributed by atoms with van der Waals surface area (Å²) in [7, 11) is 0. The molecule has 0 atom stereocenters. The van der Waals surface area contributed by atoms with Crippen molar-refractivity contribution in [2.24, 2.45) is 0 Å². The first-order chi connectivity index (χ1) is 8.16. The first-order valence-electron chi connectivity index (χ1n) is 5.64. The molecule has 0 heterocycles. The van der Waals surface area contributed by atoms with Crippen LogP contribution in [0.3, 0.4) is 0 Å². The van der Waals surface area contributed by atoms with Gasteiger partial charge in [-0.2, -0.15) is 0 Å². The van der Waals surface area contributed by atoms with E-state index in [-0.39, 0.29) is 0 Å². The average Bonchev–Trinajstić information content (AvgIpc) is 2.30. The summed E-state index contributed by atoms with van der Waals surface area (Å²) in [4.78, 5) is 0. The molecule has 0 unspecified atom stereocenters. The van der Waals surface area contributed by atoms with Crippen molar-refractivity contribution in [3.8, 4) is 0 Å². The molecular formula is C15H16Se2. The Labute approximate surface area is 116 Å². The minimum atomic E-state index is 0.433. The van der Waals surface area contributed by atoms with Crippen molar-refractivity contribution in [3.63, 3.8) is 0 Å². The second kappa shape index (κ2) is 5.89. The Morgan fingerprint density at radius 1 is 0.647 bits per heavy atom. The zero-order chi connectivity index (χ0) is 12.1. The van der Waals surface area contributed by atoms with Crippen LogP contribution in [0.1, 0.15) is 13.8 Å². The fourth-order valence-corrected chi connectivity index (χ4v) is 7.82. The number of hydrogen-bond acceptors (Lipinski definition) is 0. The summed E-state index contributed by atoms with van der Waals surface area (Å²) in [5, 5.41) is 0. The summed E-state index contributed by atoms with van der Waals surface area (Å²) in [5.41, 5.74) is 0. The Kier molecular flexibility index (Phi) is 4.47. The summed E-state index contributed by atoms with van der Waals surface area (Å²) in [5.74, 6) is 0. The van der Waals surface area contributed by atoms with Gasteiger partial charge in [-0.05, 0) is 0 Å². The first-order valence-corrected chi connectivity index (χ1v) is 9.06. The van der Waals surface area contributed by atoms with Gasteiger partial charge in [-0.15, -0.1) is 0 Å². The predicted molar refractivity (Wildman–Crippen MR) is 77.7 cm³/mol. The maximum atomic E-state index is 2.40. The van der Waals surface area contributed by atoms with Crippen molar-refractivity contribution < 1.29 is 0 Å². The van der Waals surface area contributed by atoms with E-state index in [4.69, 9.17) is 0 Å². The summed E-state index contributed by atoms with van der Waals surface area (Å²) in [6.07, 6.45) is 0. The second-order valence-corrected chi connectivity index (χ2v) is 12.7. The number of hydrogen-bond donors (Lipinski definition) is 0. The normalized spacial score (nSPS) is 11.4. The van der Waals surface area contributed by atoms with Gasteiger partial charge in [0.25, 0.3) is 0 Å². The molecule has 0 spiro atoms. The van der Waals surface area contributed by atoms with Crippen LogP contribution in [-0.4, -0.2) is 29.9 Å². The zero-order valence-corrected chi connectivity index (χ0v) is 13.5. The second-order valence-electron chi connectivity index (χ2n) is 4.23.